The van der Waals surface area contributed by atoms with Crippen molar-refractivity contribution in [2.45, 2.75) is 83.8 Å². The van der Waals surface area contributed by atoms with E-state index in [2.05, 4.69) is 26.1 Å². The normalized spacial score (nSPS) is 23.8. The maximum atomic E-state index is 5.73. The summed E-state index contributed by atoms with van der Waals surface area (Å²) in [4.78, 5) is 0. The molecule has 0 saturated carbocycles. The van der Waals surface area contributed by atoms with Crippen LogP contribution in [0.25, 0.3) is 0 Å². The molecule has 1 unspecified atom stereocenters. The monoisotopic (exact) mass is 241 g/mol. The van der Waals surface area contributed by atoms with Gasteiger partial charge in [-0.2, -0.15) is 0 Å². The Morgan fingerprint density at radius 3 is 2.53 bits per heavy atom. The van der Waals surface area contributed by atoms with Gasteiger partial charge in [-0.05, 0) is 39.7 Å². The fraction of sp³-hybridized carbons (Fsp3) is 1.00. The Balaban J connectivity index is 1.95. The lowest BCUT2D eigenvalue weighted by atomic mass is 9.94. The highest BCUT2D eigenvalue weighted by Crippen LogP contribution is 2.23. The van der Waals surface area contributed by atoms with Gasteiger partial charge < -0.3 is 10.1 Å². The van der Waals surface area contributed by atoms with Crippen LogP contribution in [0.3, 0.4) is 0 Å². The molecule has 0 amide bonds. The fourth-order valence-corrected chi connectivity index (χ4v) is 2.62. The maximum Gasteiger partial charge on any atom is 0.0641 e. The van der Waals surface area contributed by atoms with E-state index >= 15 is 0 Å². The van der Waals surface area contributed by atoms with Crippen LogP contribution in [-0.2, 0) is 4.74 Å². The minimum Gasteiger partial charge on any atom is -0.375 e. The molecule has 1 fully saturated rings. The van der Waals surface area contributed by atoms with Crippen LogP contribution >= 0.6 is 0 Å². The van der Waals surface area contributed by atoms with Gasteiger partial charge in [-0.1, -0.05) is 39.0 Å². The molecule has 0 bridgehead atoms. The number of hydrogen-bond acceptors (Lipinski definition) is 2. The van der Waals surface area contributed by atoms with Crippen molar-refractivity contribution in [2.75, 3.05) is 13.2 Å². The minimum atomic E-state index is 0.0804. The van der Waals surface area contributed by atoms with Crippen molar-refractivity contribution < 1.29 is 4.74 Å². The van der Waals surface area contributed by atoms with Crippen molar-refractivity contribution in [1.82, 2.24) is 5.32 Å². The first kappa shape index (κ1) is 15.0. The second-order valence-corrected chi connectivity index (χ2v) is 6.02. The van der Waals surface area contributed by atoms with Crippen LogP contribution in [-0.4, -0.2) is 24.8 Å². The van der Waals surface area contributed by atoms with Crippen molar-refractivity contribution in [3.05, 3.63) is 0 Å². The summed E-state index contributed by atoms with van der Waals surface area (Å²) in [5.74, 6) is 0. The third kappa shape index (κ3) is 7.05. The Bertz CT molecular complexity index is 191. The molecule has 17 heavy (non-hydrogen) atoms. The summed E-state index contributed by atoms with van der Waals surface area (Å²) in [6, 6.07) is 0.675. The van der Waals surface area contributed by atoms with E-state index in [1.807, 2.05) is 0 Å². The summed E-state index contributed by atoms with van der Waals surface area (Å²) in [7, 11) is 0. The van der Waals surface area contributed by atoms with E-state index in [1.165, 1.54) is 51.5 Å². The van der Waals surface area contributed by atoms with Gasteiger partial charge in [-0.25, -0.2) is 0 Å². The molecule has 2 heteroatoms. The summed E-state index contributed by atoms with van der Waals surface area (Å²) in [5.41, 5.74) is 0.0804. The Kier molecular flexibility index (Phi) is 7.14. The smallest absolute Gasteiger partial charge is 0.0641 e. The van der Waals surface area contributed by atoms with Crippen LogP contribution in [0.1, 0.15) is 72.1 Å². The molecule has 1 atom stereocenters. The maximum absolute atomic E-state index is 5.73. The molecule has 0 aromatic rings. The molecule has 1 heterocycles. The number of hydrogen-bond donors (Lipinski definition) is 1. The van der Waals surface area contributed by atoms with Crippen molar-refractivity contribution in [3.8, 4) is 0 Å². The summed E-state index contributed by atoms with van der Waals surface area (Å²) in [5, 5.41) is 3.69. The molecular weight excluding hydrogens is 210 g/mol. The molecule has 1 aliphatic heterocycles. The zero-order valence-electron chi connectivity index (χ0n) is 12.1. The standard InChI is InChI=1S/C15H31NO/c1-4-5-6-7-8-9-11-16-14-10-12-17-15(2,3)13-14/h14,16H,4-13H2,1-3H3. The number of ether oxygens (including phenoxy) is 1. The van der Waals surface area contributed by atoms with Crippen LogP contribution in [0.4, 0.5) is 0 Å². The molecule has 0 aromatic heterocycles. The first-order chi connectivity index (χ1) is 8.14. The minimum absolute atomic E-state index is 0.0804. The Labute approximate surface area is 108 Å². The highest BCUT2D eigenvalue weighted by molar-refractivity contribution is 4.82. The molecule has 2 nitrogen and oxygen atoms in total. The van der Waals surface area contributed by atoms with E-state index in [0.29, 0.717) is 6.04 Å². The van der Waals surface area contributed by atoms with E-state index in [0.717, 1.165) is 13.0 Å². The molecule has 0 spiro atoms. The number of rotatable bonds is 8. The van der Waals surface area contributed by atoms with Gasteiger partial charge in [0.2, 0.25) is 0 Å². The second kappa shape index (κ2) is 8.10. The van der Waals surface area contributed by atoms with Crippen LogP contribution in [0.5, 0.6) is 0 Å². The Morgan fingerprint density at radius 1 is 1.12 bits per heavy atom. The predicted molar refractivity (Wildman–Crippen MR) is 74.4 cm³/mol. The Morgan fingerprint density at radius 2 is 1.82 bits per heavy atom. The topological polar surface area (TPSA) is 21.3 Å². The molecular formula is C15H31NO. The Hall–Kier alpha value is -0.0800. The quantitative estimate of drug-likeness (QED) is 0.651. The highest BCUT2D eigenvalue weighted by Gasteiger charge is 2.28. The van der Waals surface area contributed by atoms with Gasteiger partial charge >= 0.3 is 0 Å². The average Bonchev–Trinajstić information content (AvgIpc) is 2.27. The van der Waals surface area contributed by atoms with E-state index in [9.17, 15) is 0 Å². The van der Waals surface area contributed by atoms with E-state index in [1.54, 1.807) is 0 Å². The summed E-state index contributed by atoms with van der Waals surface area (Å²) in [6.07, 6.45) is 10.6. The lowest BCUT2D eigenvalue weighted by Gasteiger charge is -2.36. The van der Waals surface area contributed by atoms with Crippen molar-refractivity contribution in [1.29, 1.82) is 0 Å². The van der Waals surface area contributed by atoms with Crippen LogP contribution in [0, 0.1) is 0 Å². The van der Waals surface area contributed by atoms with Gasteiger partial charge in [0, 0.05) is 12.6 Å². The first-order valence-electron chi connectivity index (χ1n) is 7.51. The molecule has 1 N–H and O–H groups in total. The average molecular weight is 241 g/mol. The van der Waals surface area contributed by atoms with Crippen LogP contribution < -0.4 is 5.32 Å². The van der Waals surface area contributed by atoms with Gasteiger partial charge in [0.25, 0.3) is 0 Å². The van der Waals surface area contributed by atoms with Gasteiger partial charge in [-0.15, -0.1) is 0 Å². The van der Waals surface area contributed by atoms with Gasteiger partial charge in [0.15, 0.2) is 0 Å². The van der Waals surface area contributed by atoms with Crippen LogP contribution in [0.2, 0.25) is 0 Å². The third-order valence-corrected chi connectivity index (χ3v) is 3.66. The van der Waals surface area contributed by atoms with Gasteiger partial charge in [0.05, 0.1) is 5.60 Å². The molecule has 0 aliphatic carbocycles. The molecule has 1 aliphatic rings. The fourth-order valence-electron chi connectivity index (χ4n) is 2.62. The number of nitrogens with one attached hydrogen (secondary N) is 1. The second-order valence-electron chi connectivity index (χ2n) is 6.02. The van der Waals surface area contributed by atoms with Crippen molar-refractivity contribution in [3.63, 3.8) is 0 Å². The lowest BCUT2D eigenvalue weighted by Crippen LogP contribution is -2.43. The zero-order valence-corrected chi connectivity index (χ0v) is 12.1. The molecule has 0 radical (unpaired) electrons. The SMILES string of the molecule is CCCCCCCCNC1CCOC(C)(C)C1. The molecule has 1 rings (SSSR count). The van der Waals surface area contributed by atoms with Gasteiger partial charge in [-0.3, -0.25) is 0 Å². The predicted octanol–water partition coefficient (Wildman–Crippen LogP) is 3.89. The molecule has 1 saturated heterocycles. The zero-order chi connectivity index (χ0) is 12.6. The van der Waals surface area contributed by atoms with Crippen molar-refractivity contribution in [2.24, 2.45) is 0 Å². The highest BCUT2D eigenvalue weighted by atomic mass is 16.5. The molecule has 102 valence electrons. The summed E-state index contributed by atoms with van der Waals surface area (Å²) < 4.78 is 5.73. The van der Waals surface area contributed by atoms with Crippen molar-refractivity contribution >= 4 is 0 Å². The summed E-state index contributed by atoms with van der Waals surface area (Å²) in [6.45, 7) is 8.78. The number of unbranched alkanes of at least 4 members (excludes halogenated alkanes) is 5. The third-order valence-electron chi connectivity index (χ3n) is 3.66. The van der Waals surface area contributed by atoms with Crippen LogP contribution in [0.15, 0.2) is 0 Å². The lowest BCUT2D eigenvalue weighted by molar-refractivity contribution is -0.0627. The van der Waals surface area contributed by atoms with E-state index in [-0.39, 0.29) is 5.60 Å². The largest absolute Gasteiger partial charge is 0.375 e. The summed E-state index contributed by atoms with van der Waals surface area (Å²) >= 11 is 0. The van der Waals surface area contributed by atoms with E-state index in [4.69, 9.17) is 4.74 Å². The van der Waals surface area contributed by atoms with E-state index < -0.39 is 0 Å². The van der Waals surface area contributed by atoms with Gasteiger partial charge in [0.1, 0.15) is 0 Å². The molecule has 0 aromatic carbocycles. The first-order valence-corrected chi connectivity index (χ1v) is 7.51.